The van der Waals surface area contributed by atoms with Crippen molar-refractivity contribution in [3.05, 3.63) is 10.2 Å². The normalized spacial score (nSPS) is 9.73. The summed E-state index contributed by atoms with van der Waals surface area (Å²) in [6.07, 6.45) is 0. The van der Waals surface area contributed by atoms with Crippen LogP contribution in [0.25, 0.3) is 0 Å². The molecule has 0 aliphatic carbocycles. The molecule has 0 aliphatic heterocycles. The highest BCUT2D eigenvalue weighted by Gasteiger charge is 2.07. The summed E-state index contributed by atoms with van der Waals surface area (Å²) in [5, 5.41) is 0.232. The van der Waals surface area contributed by atoms with Crippen molar-refractivity contribution >= 4 is 35.0 Å². The number of hydrogen-bond acceptors (Lipinski definition) is 5. The van der Waals surface area contributed by atoms with E-state index in [9.17, 15) is 0 Å². The lowest BCUT2D eigenvalue weighted by Gasteiger charge is -2.02. The van der Waals surface area contributed by atoms with E-state index in [-0.39, 0.29) is 21.9 Å². The van der Waals surface area contributed by atoms with E-state index in [0.717, 1.165) is 0 Å². The summed E-state index contributed by atoms with van der Waals surface area (Å²) in [5.41, 5.74) is 7.47. The van der Waals surface area contributed by atoms with E-state index in [1.165, 1.54) is 0 Å². The van der Waals surface area contributed by atoms with E-state index < -0.39 is 0 Å². The third-order valence-electron chi connectivity index (χ3n) is 0.965. The molecule has 5 N–H and O–H groups in total. The number of aromatic nitrogens is 2. The molecule has 0 saturated heterocycles. The number of anilines is 2. The van der Waals surface area contributed by atoms with E-state index in [0.29, 0.717) is 0 Å². The molecule has 1 heterocycles. The van der Waals surface area contributed by atoms with E-state index >= 15 is 0 Å². The zero-order valence-electron chi connectivity index (χ0n) is 5.31. The topological polar surface area (TPSA) is 89.8 Å². The van der Waals surface area contributed by atoms with Crippen LogP contribution in [0.4, 0.5) is 11.8 Å². The van der Waals surface area contributed by atoms with Crippen LogP contribution in [0.3, 0.4) is 0 Å². The van der Waals surface area contributed by atoms with Crippen LogP contribution >= 0.6 is 23.2 Å². The first-order chi connectivity index (χ1) is 5.15. The zero-order valence-corrected chi connectivity index (χ0v) is 6.82. The minimum Gasteiger partial charge on any atom is -0.368 e. The van der Waals surface area contributed by atoms with Gasteiger partial charge in [-0.2, -0.15) is 9.97 Å². The van der Waals surface area contributed by atoms with Gasteiger partial charge in [0.15, 0.2) is 11.0 Å². The van der Waals surface area contributed by atoms with Crippen LogP contribution in [0.2, 0.25) is 10.2 Å². The molecular formula is C4H5Cl2N5. The number of hydrogen-bond donors (Lipinski definition) is 3. The number of halogens is 2. The molecule has 1 aromatic heterocycles. The van der Waals surface area contributed by atoms with Gasteiger partial charge in [-0.15, -0.1) is 0 Å². The largest absolute Gasteiger partial charge is 0.368 e. The summed E-state index contributed by atoms with van der Waals surface area (Å²) >= 11 is 11.1. The molecule has 0 radical (unpaired) electrons. The molecule has 0 saturated carbocycles. The Labute approximate surface area is 72.7 Å². The van der Waals surface area contributed by atoms with Gasteiger partial charge in [0, 0.05) is 0 Å². The summed E-state index contributed by atoms with van der Waals surface area (Å²) in [4.78, 5) is 7.25. The number of nitrogens with one attached hydrogen (secondary N) is 1. The smallest absolute Gasteiger partial charge is 0.223 e. The highest BCUT2D eigenvalue weighted by atomic mass is 35.5. The molecule has 0 amide bonds. The SMILES string of the molecule is NNc1nc(N)nc(Cl)c1Cl. The molecule has 0 bridgehead atoms. The van der Waals surface area contributed by atoms with Gasteiger partial charge in [0.05, 0.1) is 0 Å². The van der Waals surface area contributed by atoms with Gasteiger partial charge >= 0.3 is 0 Å². The van der Waals surface area contributed by atoms with Gasteiger partial charge in [-0.1, -0.05) is 23.2 Å². The third kappa shape index (κ3) is 1.62. The van der Waals surface area contributed by atoms with Crippen LogP contribution in [0.1, 0.15) is 0 Å². The number of nitrogens with two attached hydrogens (primary N) is 2. The first-order valence-corrected chi connectivity index (χ1v) is 3.36. The molecule has 0 atom stereocenters. The average molecular weight is 194 g/mol. The molecule has 5 nitrogen and oxygen atoms in total. The molecule has 0 aliphatic rings. The molecule has 1 aromatic rings. The van der Waals surface area contributed by atoms with Crippen LogP contribution in [0.5, 0.6) is 0 Å². The predicted octanol–water partition coefficient (Wildman–Crippen LogP) is 0.651. The Bertz CT molecular complexity index is 275. The molecule has 0 unspecified atom stereocenters. The van der Waals surface area contributed by atoms with Gasteiger partial charge in [-0.05, 0) is 0 Å². The molecule has 60 valence electrons. The van der Waals surface area contributed by atoms with Gasteiger partial charge < -0.3 is 11.2 Å². The second-order valence-corrected chi connectivity index (χ2v) is 2.42. The van der Waals surface area contributed by atoms with E-state index in [1.807, 2.05) is 0 Å². The van der Waals surface area contributed by atoms with Crippen molar-refractivity contribution in [1.29, 1.82) is 0 Å². The van der Waals surface area contributed by atoms with Crippen molar-refractivity contribution in [2.45, 2.75) is 0 Å². The molecule has 0 fully saturated rings. The highest BCUT2D eigenvalue weighted by Crippen LogP contribution is 2.26. The van der Waals surface area contributed by atoms with Crippen LogP contribution in [0, 0.1) is 0 Å². The third-order valence-corrected chi connectivity index (χ3v) is 1.69. The lowest BCUT2D eigenvalue weighted by Crippen LogP contribution is -2.11. The summed E-state index contributed by atoms with van der Waals surface area (Å²) in [7, 11) is 0. The van der Waals surface area contributed by atoms with E-state index in [4.69, 9.17) is 34.8 Å². The number of nitrogen functional groups attached to an aromatic ring is 2. The maximum absolute atomic E-state index is 5.61. The fourth-order valence-electron chi connectivity index (χ4n) is 0.532. The van der Waals surface area contributed by atoms with Crippen LogP contribution in [-0.4, -0.2) is 9.97 Å². The van der Waals surface area contributed by atoms with E-state index in [1.54, 1.807) is 0 Å². The lowest BCUT2D eigenvalue weighted by atomic mass is 10.6. The standard InChI is InChI=1S/C4H5Cl2N5/c5-1-2(6)9-4(7)10-3(1)11-8/h8H2,(H3,7,9,10,11). The zero-order chi connectivity index (χ0) is 8.43. The maximum atomic E-state index is 5.61. The Morgan fingerprint density at radius 1 is 1.27 bits per heavy atom. The van der Waals surface area contributed by atoms with Gasteiger partial charge in [0.1, 0.15) is 5.02 Å². The summed E-state index contributed by atoms with van der Waals surface area (Å²) in [6, 6.07) is 0. The van der Waals surface area contributed by atoms with Crippen molar-refractivity contribution in [1.82, 2.24) is 9.97 Å². The molecule has 11 heavy (non-hydrogen) atoms. The van der Waals surface area contributed by atoms with Gasteiger partial charge in [-0.3, -0.25) is 0 Å². The second kappa shape index (κ2) is 3.08. The van der Waals surface area contributed by atoms with Gasteiger partial charge in [0.25, 0.3) is 0 Å². The fourth-order valence-corrected chi connectivity index (χ4v) is 0.847. The summed E-state index contributed by atoms with van der Waals surface area (Å²) in [6.45, 7) is 0. The molecule has 7 heteroatoms. The molecule has 0 aromatic carbocycles. The first kappa shape index (κ1) is 8.32. The minimum atomic E-state index is 0.0207. The summed E-state index contributed by atoms with van der Waals surface area (Å²) in [5.74, 6) is 5.28. The number of rotatable bonds is 1. The Hall–Kier alpha value is -0.780. The van der Waals surface area contributed by atoms with Crippen molar-refractivity contribution in [3.8, 4) is 0 Å². The second-order valence-electron chi connectivity index (χ2n) is 1.68. The lowest BCUT2D eigenvalue weighted by molar-refractivity contribution is 1.15. The van der Waals surface area contributed by atoms with Crippen LogP contribution in [0.15, 0.2) is 0 Å². The van der Waals surface area contributed by atoms with Crippen molar-refractivity contribution < 1.29 is 0 Å². The van der Waals surface area contributed by atoms with Crippen LogP contribution in [-0.2, 0) is 0 Å². The average Bonchev–Trinajstić information content (AvgIpc) is 1.96. The highest BCUT2D eigenvalue weighted by molar-refractivity contribution is 6.42. The Morgan fingerprint density at radius 2 is 1.91 bits per heavy atom. The Kier molecular flexibility index (Phi) is 2.33. The number of hydrazine groups is 1. The van der Waals surface area contributed by atoms with Crippen LogP contribution < -0.4 is 17.0 Å². The predicted molar refractivity (Wildman–Crippen MR) is 44.3 cm³/mol. The molecule has 1 rings (SSSR count). The number of nitrogens with zero attached hydrogens (tertiary/aromatic N) is 2. The van der Waals surface area contributed by atoms with Gasteiger partial charge in [0.2, 0.25) is 5.95 Å². The van der Waals surface area contributed by atoms with Crippen molar-refractivity contribution in [3.63, 3.8) is 0 Å². The quantitative estimate of drug-likeness (QED) is 0.347. The molecular weight excluding hydrogens is 189 g/mol. The minimum absolute atomic E-state index is 0.0207. The van der Waals surface area contributed by atoms with Gasteiger partial charge in [-0.25, -0.2) is 5.84 Å². The summed E-state index contributed by atoms with van der Waals surface area (Å²) < 4.78 is 0. The first-order valence-electron chi connectivity index (χ1n) is 2.60. The Morgan fingerprint density at radius 3 is 2.45 bits per heavy atom. The van der Waals surface area contributed by atoms with Crippen molar-refractivity contribution in [2.75, 3.05) is 11.2 Å². The monoisotopic (exact) mass is 193 g/mol. The van der Waals surface area contributed by atoms with Crippen molar-refractivity contribution in [2.24, 2.45) is 5.84 Å². The Balaban J connectivity index is 3.24. The maximum Gasteiger partial charge on any atom is 0.223 e. The van der Waals surface area contributed by atoms with E-state index in [2.05, 4.69) is 15.4 Å². The fraction of sp³-hybridized carbons (Fsp3) is 0. The molecule has 0 spiro atoms.